The van der Waals surface area contributed by atoms with Gasteiger partial charge in [-0.1, -0.05) is 0 Å². The van der Waals surface area contributed by atoms with Crippen LogP contribution in [0.3, 0.4) is 0 Å². The Morgan fingerprint density at radius 3 is 3.10 bits per heavy atom. The molecule has 0 spiro atoms. The largest absolute Gasteiger partial charge is 0.394 e. The third-order valence-corrected chi connectivity index (χ3v) is 3.76. The van der Waals surface area contributed by atoms with E-state index < -0.39 is 29.8 Å². The highest BCUT2D eigenvalue weighted by Gasteiger charge is 2.39. The summed E-state index contributed by atoms with van der Waals surface area (Å²) in [5, 5.41) is 9.25. The maximum absolute atomic E-state index is 12.0. The van der Waals surface area contributed by atoms with Crippen LogP contribution in [0, 0.1) is 5.92 Å². The third-order valence-electron chi connectivity index (χ3n) is 3.76. The Balaban J connectivity index is 1.91. The molecule has 0 unspecified atom stereocenters. The number of ether oxygens (including phenoxy) is 1. The summed E-state index contributed by atoms with van der Waals surface area (Å²) in [6, 6.07) is 0. The number of anilines is 1. The highest BCUT2D eigenvalue weighted by molar-refractivity contribution is 5.77. The summed E-state index contributed by atoms with van der Waals surface area (Å²) in [6.45, 7) is 0.147. The van der Waals surface area contributed by atoms with E-state index in [0.29, 0.717) is 18.8 Å². The van der Waals surface area contributed by atoms with E-state index in [4.69, 9.17) is 15.3 Å². The fourth-order valence-corrected chi connectivity index (χ4v) is 2.64. The molecule has 2 aliphatic rings. The lowest BCUT2D eigenvalue weighted by molar-refractivity contribution is -0.124. The summed E-state index contributed by atoms with van der Waals surface area (Å²) in [4.78, 5) is 32.3. The van der Waals surface area contributed by atoms with Gasteiger partial charge in [0.1, 0.15) is 6.23 Å². The molecule has 0 saturated carbocycles. The highest BCUT2D eigenvalue weighted by atomic mass is 16.6. The summed E-state index contributed by atoms with van der Waals surface area (Å²) in [5.41, 5.74) is 8.19. The number of amides is 1. The first-order chi connectivity index (χ1) is 10.1. The summed E-state index contributed by atoms with van der Waals surface area (Å²) in [7, 11) is 0. The smallest absolute Gasteiger partial charge is 0.351 e. The van der Waals surface area contributed by atoms with Crippen LogP contribution in [0.1, 0.15) is 18.2 Å². The van der Waals surface area contributed by atoms with Crippen LogP contribution < -0.4 is 16.9 Å². The Morgan fingerprint density at radius 1 is 1.62 bits per heavy atom. The van der Waals surface area contributed by atoms with Crippen molar-refractivity contribution in [2.45, 2.75) is 25.2 Å². The van der Waals surface area contributed by atoms with Crippen molar-refractivity contribution < 1.29 is 19.5 Å². The van der Waals surface area contributed by atoms with Crippen molar-refractivity contribution in [3.05, 3.63) is 22.2 Å². The summed E-state index contributed by atoms with van der Waals surface area (Å²) in [6.07, 6.45) is 1.14. The SMILES string of the molecule is NC(=O)[C@H]1C[C@H](n2cc3c(nc2=O)NOCC3)O[C@@H]1CO. The average molecular weight is 296 g/mol. The molecule has 1 saturated heterocycles. The van der Waals surface area contributed by atoms with Gasteiger partial charge in [-0.15, -0.1) is 0 Å². The molecular formula is C12H16N4O5. The van der Waals surface area contributed by atoms with Crippen molar-refractivity contribution in [1.82, 2.24) is 9.55 Å². The second-order valence-corrected chi connectivity index (χ2v) is 5.06. The van der Waals surface area contributed by atoms with E-state index >= 15 is 0 Å². The number of aliphatic hydroxyl groups is 1. The number of aliphatic hydroxyl groups excluding tert-OH is 1. The van der Waals surface area contributed by atoms with Crippen molar-refractivity contribution in [3.63, 3.8) is 0 Å². The Labute approximate surface area is 119 Å². The van der Waals surface area contributed by atoms with E-state index in [-0.39, 0.29) is 13.0 Å². The van der Waals surface area contributed by atoms with E-state index in [2.05, 4.69) is 10.5 Å². The Kier molecular flexibility index (Phi) is 3.62. The van der Waals surface area contributed by atoms with E-state index in [9.17, 15) is 14.7 Å². The molecule has 2 aliphatic heterocycles. The molecule has 1 aromatic rings. The number of nitrogens with two attached hydrogens (primary N) is 1. The minimum Gasteiger partial charge on any atom is -0.394 e. The number of nitrogens with one attached hydrogen (secondary N) is 1. The van der Waals surface area contributed by atoms with Gasteiger partial charge in [-0.05, 0) is 0 Å². The topological polar surface area (TPSA) is 129 Å². The molecule has 21 heavy (non-hydrogen) atoms. The van der Waals surface area contributed by atoms with Gasteiger partial charge in [0.05, 0.1) is 25.2 Å². The number of aromatic nitrogens is 2. The molecule has 9 nitrogen and oxygen atoms in total. The fraction of sp³-hybridized carbons (Fsp3) is 0.583. The minimum atomic E-state index is -0.697. The van der Waals surface area contributed by atoms with Crippen molar-refractivity contribution >= 4 is 11.7 Å². The maximum atomic E-state index is 12.0. The molecule has 114 valence electrons. The van der Waals surface area contributed by atoms with Crippen LogP contribution in [0.4, 0.5) is 5.82 Å². The Morgan fingerprint density at radius 2 is 2.43 bits per heavy atom. The van der Waals surface area contributed by atoms with Crippen molar-refractivity contribution in [3.8, 4) is 0 Å². The third kappa shape index (κ3) is 2.50. The second kappa shape index (κ2) is 5.43. The standard InChI is InChI=1S/C12H16N4O5/c13-10(18)7-3-9(21-8(7)5-17)16-4-6-1-2-20-15-11(6)14-12(16)19/h4,7-9,17H,1-3,5H2,(H2,13,18)(H,14,15,19)/t7-,8+,9+/m0/s1. The molecule has 4 N–H and O–H groups in total. The zero-order valence-electron chi connectivity index (χ0n) is 11.2. The number of nitrogens with zero attached hydrogens (tertiary/aromatic N) is 2. The van der Waals surface area contributed by atoms with E-state index in [0.717, 1.165) is 5.56 Å². The number of hydrogen-bond acceptors (Lipinski definition) is 7. The predicted molar refractivity (Wildman–Crippen MR) is 70.1 cm³/mol. The van der Waals surface area contributed by atoms with Gasteiger partial charge >= 0.3 is 5.69 Å². The number of carbonyl (C=O) groups is 1. The van der Waals surface area contributed by atoms with Crippen LogP contribution >= 0.6 is 0 Å². The second-order valence-electron chi connectivity index (χ2n) is 5.06. The molecule has 0 radical (unpaired) electrons. The average Bonchev–Trinajstić information content (AvgIpc) is 2.90. The number of rotatable bonds is 3. The maximum Gasteiger partial charge on any atom is 0.351 e. The van der Waals surface area contributed by atoms with E-state index in [1.165, 1.54) is 4.57 Å². The molecule has 1 aromatic heterocycles. The molecule has 1 amide bonds. The van der Waals surface area contributed by atoms with Gasteiger partial charge in [-0.25, -0.2) is 10.3 Å². The molecule has 3 atom stereocenters. The summed E-state index contributed by atoms with van der Waals surface area (Å²) in [5.74, 6) is -0.777. The Bertz CT molecular complexity index is 616. The van der Waals surface area contributed by atoms with Gasteiger partial charge < -0.3 is 15.6 Å². The van der Waals surface area contributed by atoms with Crippen LogP contribution in [0.15, 0.2) is 11.0 Å². The van der Waals surface area contributed by atoms with Gasteiger partial charge in [-0.3, -0.25) is 14.2 Å². The molecule has 0 aliphatic carbocycles. The molecule has 1 fully saturated rings. The van der Waals surface area contributed by atoms with E-state index in [1.807, 2.05) is 0 Å². The lowest BCUT2D eigenvalue weighted by Crippen LogP contribution is -2.32. The number of carbonyl (C=O) groups excluding carboxylic acids is 1. The summed E-state index contributed by atoms with van der Waals surface area (Å²) >= 11 is 0. The van der Waals surface area contributed by atoms with Crippen molar-refractivity contribution in [2.75, 3.05) is 18.7 Å². The lowest BCUT2D eigenvalue weighted by Gasteiger charge is -2.20. The van der Waals surface area contributed by atoms with E-state index in [1.54, 1.807) is 6.20 Å². The molecule has 0 bridgehead atoms. The normalized spacial score (nSPS) is 28.0. The van der Waals surface area contributed by atoms with Gasteiger partial charge in [0, 0.05) is 24.6 Å². The first-order valence-corrected chi connectivity index (χ1v) is 6.65. The van der Waals surface area contributed by atoms with Crippen molar-refractivity contribution in [1.29, 1.82) is 0 Å². The van der Waals surface area contributed by atoms with Crippen molar-refractivity contribution in [2.24, 2.45) is 11.7 Å². The quantitative estimate of drug-likeness (QED) is 0.620. The van der Waals surface area contributed by atoms with Gasteiger partial charge in [0.25, 0.3) is 0 Å². The Hall–Kier alpha value is -1.97. The first kappa shape index (κ1) is 14.0. The van der Waals surface area contributed by atoms with Crippen LogP contribution in [-0.4, -0.2) is 39.9 Å². The predicted octanol–water partition coefficient (Wildman–Crippen LogP) is -1.48. The fourth-order valence-electron chi connectivity index (χ4n) is 2.64. The van der Waals surface area contributed by atoms with Crippen LogP contribution in [0.25, 0.3) is 0 Å². The van der Waals surface area contributed by atoms with Crippen LogP contribution in [0.5, 0.6) is 0 Å². The van der Waals surface area contributed by atoms with Gasteiger partial charge in [0.2, 0.25) is 5.91 Å². The minimum absolute atomic E-state index is 0.241. The van der Waals surface area contributed by atoms with Crippen LogP contribution in [-0.2, 0) is 20.8 Å². The number of primary amides is 1. The molecule has 9 heteroatoms. The lowest BCUT2D eigenvalue weighted by atomic mass is 10.0. The zero-order chi connectivity index (χ0) is 15.0. The highest BCUT2D eigenvalue weighted by Crippen LogP contribution is 2.32. The monoisotopic (exact) mass is 296 g/mol. The van der Waals surface area contributed by atoms with Gasteiger partial charge in [0.15, 0.2) is 5.82 Å². The molecule has 0 aromatic carbocycles. The number of fused-ring (bicyclic) bond motifs is 1. The first-order valence-electron chi connectivity index (χ1n) is 6.65. The zero-order valence-corrected chi connectivity index (χ0v) is 11.2. The molecule has 3 rings (SSSR count). The van der Waals surface area contributed by atoms with Gasteiger partial charge in [-0.2, -0.15) is 4.98 Å². The van der Waals surface area contributed by atoms with Crippen LogP contribution in [0.2, 0.25) is 0 Å². The summed E-state index contributed by atoms with van der Waals surface area (Å²) < 4.78 is 6.89. The number of hydrogen-bond donors (Lipinski definition) is 3. The molecular weight excluding hydrogens is 280 g/mol. The molecule has 3 heterocycles.